The van der Waals surface area contributed by atoms with E-state index in [1.165, 1.54) is 21.6 Å². The molecule has 0 radical (unpaired) electrons. The van der Waals surface area contributed by atoms with Gasteiger partial charge in [-0.25, -0.2) is 0 Å². The first-order valence-corrected chi connectivity index (χ1v) is 8.36. The Hall–Kier alpha value is -0.400. The molecule has 0 aliphatic carbocycles. The van der Waals surface area contributed by atoms with Crippen molar-refractivity contribution in [1.29, 1.82) is 0 Å². The number of aliphatic hydroxyl groups excluding tert-OH is 1. The molecule has 106 valence electrons. The molecule has 0 bridgehead atoms. The Kier molecular flexibility index (Phi) is 12.8. The molecule has 0 aromatic heterocycles. The van der Waals surface area contributed by atoms with E-state index in [1.54, 1.807) is 0 Å². The predicted octanol–water partition coefficient (Wildman–Crippen LogP) is 1.64. The number of hydrogen-bond acceptors (Lipinski definition) is 7. The van der Waals surface area contributed by atoms with E-state index in [1.807, 2.05) is 6.92 Å². The highest BCUT2D eigenvalue weighted by atomic mass is 33.1. The summed E-state index contributed by atoms with van der Waals surface area (Å²) in [4.78, 5) is 22.1. The van der Waals surface area contributed by atoms with Crippen molar-refractivity contribution >= 4 is 33.5 Å². The van der Waals surface area contributed by atoms with Gasteiger partial charge < -0.3 is 14.6 Å². The van der Waals surface area contributed by atoms with Crippen molar-refractivity contribution in [2.45, 2.75) is 26.2 Å². The fourth-order valence-electron chi connectivity index (χ4n) is 0.888. The summed E-state index contributed by atoms with van der Waals surface area (Å²) in [5.74, 6) is 0.837. The Morgan fingerprint density at radius 1 is 1.00 bits per heavy atom. The fourth-order valence-corrected chi connectivity index (χ4v) is 2.83. The van der Waals surface area contributed by atoms with E-state index in [4.69, 9.17) is 14.6 Å². The van der Waals surface area contributed by atoms with Gasteiger partial charge in [0.25, 0.3) is 0 Å². The molecular weight excluding hydrogens is 276 g/mol. The summed E-state index contributed by atoms with van der Waals surface area (Å²) in [6, 6.07) is 0. The van der Waals surface area contributed by atoms with E-state index < -0.39 is 0 Å². The molecule has 0 amide bonds. The zero-order chi connectivity index (χ0) is 13.6. The Balaban J connectivity index is 3.25. The third kappa shape index (κ3) is 12.1. The summed E-state index contributed by atoms with van der Waals surface area (Å²) in [5, 5.41) is 8.44. The number of hydrogen-bond donors (Lipinski definition) is 1. The van der Waals surface area contributed by atoms with Crippen molar-refractivity contribution in [2.24, 2.45) is 0 Å². The van der Waals surface area contributed by atoms with Crippen LogP contribution in [0.15, 0.2) is 0 Å². The maximum atomic E-state index is 11.1. The molecule has 0 fully saturated rings. The van der Waals surface area contributed by atoms with E-state index in [0.29, 0.717) is 31.0 Å². The molecule has 18 heavy (non-hydrogen) atoms. The van der Waals surface area contributed by atoms with Crippen molar-refractivity contribution < 1.29 is 24.2 Å². The van der Waals surface area contributed by atoms with Crippen molar-refractivity contribution in [1.82, 2.24) is 0 Å². The third-order valence-corrected chi connectivity index (χ3v) is 4.09. The highest BCUT2D eigenvalue weighted by molar-refractivity contribution is 8.76. The zero-order valence-electron chi connectivity index (χ0n) is 10.6. The minimum atomic E-state index is -0.306. The molecule has 0 rings (SSSR count). The van der Waals surface area contributed by atoms with Crippen LogP contribution in [0.1, 0.15) is 26.2 Å². The van der Waals surface area contributed by atoms with Crippen molar-refractivity contribution in [3.8, 4) is 0 Å². The normalized spacial score (nSPS) is 10.1. The molecule has 0 saturated carbocycles. The van der Waals surface area contributed by atoms with E-state index >= 15 is 0 Å². The molecule has 0 saturated heterocycles. The largest absolute Gasteiger partial charge is 0.466 e. The summed E-state index contributed by atoms with van der Waals surface area (Å²) < 4.78 is 9.62. The average Bonchev–Trinajstić information content (AvgIpc) is 2.37. The summed E-state index contributed by atoms with van der Waals surface area (Å²) >= 11 is 0. The Morgan fingerprint density at radius 2 is 1.50 bits per heavy atom. The number of ether oxygens (including phenoxy) is 2. The van der Waals surface area contributed by atoms with Gasteiger partial charge in [0.2, 0.25) is 0 Å². The smallest absolute Gasteiger partial charge is 0.306 e. The van der Waals surface area contributed by atoms with E-state index in [0.717, 1.165) is 6.42 Å². The number of carbonyl (C=O) groups is 2. The van der Waals surface area contributed by atoms with Crippen LogP contribution in [0.5, 0.6) is 0 Å². The zero-order valence-corrected chi connectivity index (χ0v) is 12.2. The lowest BCUT2D eigenvalue weighted by atomic mass is 10.5. The average molecular weight is 296 g/mol. The van der Waals surface area contributed by atoms with Crippen LogP contribution in [-0.2, 0) is 19.1 Å². The van der Waals surface area contributed by atoms with Gasteiger partial charge in [0, 0.05) is 11.5 Å². The minimum absolute atomic E-state index is 0.0555. The van der Waals surface area contributed by atoms with Gasteiger partial charge in [0.1, 0.15) is 6.61 Å². The monoisotopic (exact) mass is 296 g/mol. The maximum Gasteiger partial charge on any atom is 0.306 e. The molecule has 0 aliphatic heterocycles. The summed E-state index contributed by atoms with van der Waals surface area (Å²) in [7, 11) is 3.07. The van der Waals surface area contributed by atoms with Crippen molar-refractivity contribution in [3.63, 3.8) is 0 Å². The molecule has 0 spiro atoms. The highest BCUT2D eigenvalue weighted by Gasteiger charge is 2.04. The van der Waals surface area contributed by atoms with E-state index in [-0.39, 0.29) is 25.2 Å². The Labute approximate surface area is 115 Å². The summed E-state index contributed by atoms with van der Waals surface area (Å²) in [6.07, 6.45) is 1.55. The number of rotatable bonds is 11. The molecule has 1 N–H and O–H groups in total. The van der Waals surface area contributed by atoms with Gasteiger partial charge in [0.05, 0.1) is 26.1 Å². The van der Waals surface area contributed by atoms with Gasteiger partial charge >= 0.3 is 11.9 Å². The summed E-state index contributed by atoms with van der Waals surface area (Å²) in [6.45, 7) is 2.34. The van der Waals surface area contributed by atoms with Gasteiger partial charge in [-0.05, 0) is 6.42 Å². The second-order valence-corrected chi connectivity index (χ2v) is 6.01. The molecule has 0 heterocycles. The van der Waals surface area contributed by atoms with Gasteiger partial charge in [-0.1, -0.05) is 28.5 Å². The molecule has 0 aliphatic rings. The number of carbonyl (C=O) groups excluding carboxylic acids is 2. The quantitative estimate of drug-likeness (QED) is 0.353. The highest BCUT2D eigenvalue weighted by Crippen LogP contribution is 2.22. The number of aliphatic hydroxyl groups is 1. The SMILES string of the molecule is CCCOC(=O)CCSSCCC(=O)OCCO. The Bertz CT molecular complexity index is 211. The first-order chi connectivity index (χ1) is 8.70. The second kappa shape index (κ2) is 13.0. The molecule has 0 aromatic carbocycles. The van der Waals surface area contributed by atoms with E-state index in [9.17, 15) is 9.59 Å². The lowest BCUT2D eigenvalue weighted by Gasteiger charge is -2.03. The molecule has 0 atom stereocenters. The van der Waals surface area contributed by atoms with Gasteiger partial charge in [-0.15, -0.1) is 0 Å². The lowest BCUT2D eigenvalue weighted by Crippen LogP contribution is -2.08. The van der Waals surface area contributed by atoms with Crippen LogP contribution in [0.2, 0.25) is 0 Å². The molecule has 7 heteroatoms. The van der Waals surface area contributed by atoms with Gasteiger partial charge in [-0.3, -0.25) is 9.59 Å². The van der Waals surface area contributed by atoms with Crippen LogP contribution in [0.25, 0.3) is 0 Å². The van der Waals surface area contributed by atoms with Crippen LogP contribution in [0.3, 0.4) is 0 Å². The summed E-state index contributed by atoms with van der Waals surface area (Å²) in [5.41, 5.74) is 0. The van der Waals surface area contributed by atoms with Crippen LogP contribution in [0, 0.1) is 0 Å². The number of esters is 2. The third-order valence-electron chi connectivity index (χ3n) is 1.68. The van der Waals surface area contributed by atoms with E-state index in [2.05, 4.69) is 0 Å². The lowest BCUT2D eigenvalue weighted by molar-refractivity contribution is -0.144. The first-order valence-electron chi connectivity index (χ1n) is 5.87. The second-order valence-electron chi connectivity index (χ2n) is 3.31. The first kappa shape index (κ1) is 17.6. The van der Waals surface area contributed by atoms with Crippen LogP contribution in [-0.4, -0.2) is 48.4 Å². The topological polar surface area (TPSA) is 72.8 Å². The van der Waals surface area contributed by atoms with Crippen LogP contribution >= 0.6 is 21.6 Å². The molecular formula is C11H20O5S2. The molecule has 5 nitrogen and oxygen atoms in total. The molecule has 0 aromatic rings. The van der Waals surface area contributed by atoms with Crippen molar-refractivity contribution in [3.05, 3.63) is 0 Å². The fraction of sp³-hybridized carbons (Fsp3) is 0.818. The van der Waals surface area contributed by atoms with Gasteiger partial charge in [-0.2, -0.15) is 0 Å². The standard InChI is InChI=1S/C11H20O5S2/c1-2-6-15-10(13)3-8-17-18-9-4-11(14)16-7-5-12/h12H,2-9H2,1H3. The Morgan fingerprint density at radius 3 is 1.94 bits per heavy atom. The van der Waals surface area contributed by atoms with Crippen LogP contribution < -0.4 is 0 Å². The van der Waals surface area contributed by atoms with Crippen LogP contribution in [0.4, 0.5) is 0 Å². The molecule has 0 unspecified atom stereocenters. The minimum Gasteiger partial charge on any atom is -0.466 e. The van der Waals surface area contributed by atoms with Gasteiger partial charge in [0.15, 0.2) is 0 Å². The predicted molar refractivity (Wildman–Crippen MR) is 73.4 cm³/mol. The maximum absolute atomic E-state index is 11.1. The van der Waals surface area contributed by atoms with Crippen molar-refractivity contribution in [2.75, 3.05) is 31.3 Å².